The van der Waals surface area contributed by atoms with Crippen LogP contribution in [-0.2, 0) is 4.74 Å². The van der Waals surface area contributed by atoms with Gasteiger partial charge in [0.25, 0.3) is 0 Å². The average Bonchev–Trinajstić information content (AvgIpc) is 2.58. The Kier molecular flexibility index (Phi) is 5.51. The van der Waals surface area contributed by atoms with Gasteiger partial charge in [-0.1, -0.05) is 13.0 Å². The molecule has 0 saturated carbocycles. The Balaban J connectivity index is 1.47. The first-order valence-corrected chi connectivity index (χ1v) is 8.81. The third kappa shape index (κ3) is 4.03. The highest BCUT2D eigenvalue weighted by Gasteiger charge is 2.39. The fraction of sp³-hybridized carbons (Fsp3) is 0.722. The van der Waals surface area contributed by atoms with Crippen LogP contribution in [0, 0.1) is 11.3 Å². The van der Waals surface area contributed by atoms with Crippen molar-refractivity contribution < 1.29 is 9.84 Å². The summed E-state index contributed by atoms with van der Waals surface area (Å²) in [7, 11) is 0. The lowest BCUT2D eigenvalue weighted by molar-refractivity contribution is -0.148. The lowest BCUT2D eigenvalue weighted by Crippen LogP contribution is -2.54. The van der Waals surface area contributed by atoms with E-state index in [0.29, 0.717) is 13.2 Å². The topological polar surface area (TPSA) is 48.8 Å². The maximum Gasteiger partial charge on any atom is 0.128 e. The highest BCUT2D eigenvalue weighted by Crippen LogP contribution is 2.29. The molecule has 0 radical (unpaired) electrons. The highest BCUT2D eigenvalue weighted by atomic mass is 16.5. The number of ether oxygens (including phenoxy) is 1. The Morgan fingerprint density at radius 2 is 2.13 bits per heavy atom. The van der Waals surface area contributed by atoms with Crippen molar-refractivity contribution in [3.05, 3.63) is 24.4 Å². The Labute approximate surface area is 139 Å². The van der Waals surface area contributed by atoms with Crippen LogP contribution in [0.5, 0.6) is 0 Å². The van der Waals surface area contributed by atoms with Crippen LogP contribution < -0.4 is 4.90 Å². The van der Waals surface area contributed by atoms with Crippen molar-refractivity contribution >= 4 is 5.82 Å². The van der Waals surface area contributed by atoms with Gasteiger partial charge in [0.2, 0.25) is 0 Å². The van der Waals surface area contributed by atoms with Gasteiger partial charge in [-0.05, 0) is 37.4 Å². The second-order valence-electron chi connectivity index (χ2n) is 7.10. The van der Waals surface area contributed by atoms with E-state index < -0.39 is 0 Å². The highest BCUT2D eigenvalue weighted by molar-refractivity contribution is 5.37. The molecule has 0 unspecified atom stereocenters. The molecule has 23 heavy (non-hydrogen) atoms. The van der Waals surface area contributed by atoms with Crippen LogP contribution in [0.15, 0.2) is 24.4 Å². The summed E-state index contributed by atoms with van der Waals surface area (Å²) in [5.41, 5.74) is -0.00926. The molecule has 0 amide bonds. The maximum atomic E-state index is 9.63. The number of hydrogen-bond donors (Lipinski definition) is 1. The number of pyridine rings is 1. The summed E-state index contributed by atoms with van der Waals surface area (Å²) in [5, 5.41) is 9.63. The minimum Gasteiger partial charge on any atom is -0.396 e. The van der Waals surface area contributed by atoms with E-state index in [9.17, 15) is 5.11 Å². The van der Waals surface area contributed by atoms with Gasteiger partial charge in [-0.2, -0.15) is 0 Å². The minimum absolute atomic E-state index is 0.00926. The van der Waals surface area contributed by atoms with E-state index in [4.69, 9.17) is 4.74 Å². The molecule has 0 bridgehead atoms. The molecule has 0 atom stereocenters. The zero-order chi connectivity index (χ0) is 16.1. The van der Waals surface area contributed by atoms with Gasteiger partial charge in [-0.25, -0.2) is 4.98 Å². The van der Waals surface area contributed by atoms with E-state index in [2.05, 4.69) is 33.8 Å². The summed E-state index contributed by atoms with van der Waals surface area (Å²) >= 11 is 0. The van der Waals surface area contributed by atoms with Gasteiger partial charge in [0, 0.05) is 32.4 Å². The van der Waals surface area contributed by atoms with E-state index in [0.717, 1.165) is 44.5 Å². The van der Waals surface area contributed by atoms with Crippen molar-refractivity contribution in [2.24, 2.45) is 11.3 Å². The van der Waals surface area contributed by atoms with Crippen molar-refractivity contribution in [2.45, 2.75) is 19.8 Å². The quantitative estimate of drug-likeness (QED) is 0.828. The fourth-order valence-electron chi connectivity index (χ4n) is 3.65. The Bertz CT molecular complexity index is 465. The molecule has 0 aromatic carbocycles. The lowest BCUT2D eigenvalue weighted by Gasteiger charge is -2.44. The van der Waals surface area contributed by atoms with Crippen LogP contribution in [0.25, 0.3) is 0 Å². The first kappa shape index (κ1) is 16.7. The first-order chi connectivity index (χ1) is 11.2. The third-order valence-corrected chi connectivity index (χ3v) is 5.26. The van der Waals surface area contributed by atoms with E-state index in [1.165, 1.54) is 12.8 Å². The predicted octanol–water partition coefficient (Wildman–Crippen LogP) is 1.63. The number of piperidine rings is 1. The summed E-state index contributed by atoms with van der Waals surface area (Å²) in [6.07, 6.45) is 4.31. The number of aliphatic hydroxyl groups excluding tert-OH is 1. The van der Waals surface area contributed by atoms with Crippen LogP contribution >= 0.6 is 0 Å². The SMILES string of the molecule is CCN(CC1CCN(c2ccccn2)CC1)CC1(CO)COC1. The maximum absolute atomic E-state index is 9.63. The lowest BCUT2D eigenvalue weighted by atomic mass is 9.85. The summed E-state index contributed by atoms with van der Waals surface area (Å²) in [4.78, 5) is 9.35. The van der Waals surface area contributed by atoms with Crippen LogP contribution in [0.4, 0.5) is 5.82 Å². The molecule has 0 aliphatic carbocycles. The van der Waals surface area contributed by atoms with Gasteiger partial charge in [-0.15, -0.1) is 0 Å². The largest absolute Gasteiger partial charge is 0.396 e. The van der Waals surface area contributed by atoms with Gasteiger partial charge < -0.3 is 19.6 Å². The number of rotatable bonds is 7. The summed E-state index contributed by atoms with van der Waals surface area (Å²) in [6, 6.07) is 6.12. The Morgan fingerprint density at radius 3 is 2.65 bits per heavy atom. The molecule has 1 N–H and O–H groups in total. The molecular formula is C18H29N3O2. The van der Waals surface area contributed by atoms with Gasteiger partial charge in [0.05, 0.1) is 25.2 Å². The van der Waals surface area contributed by atoms with Crippen LogP contribution in [-0.4, -0.2) is 67.5 Å². The predicted molar refractivity (Wildman–Crippen MR) is 91.6 cm³/mol. The Hall–Kier alpha value is -1.17. The molecule has 0 spiro atoms. The fourth-order valence-corrected chi connectivity index (χ4v) is 3.65. The van der Waals surface area contributed by atoms with E-state index in [1.807, 2.05) is 12.3 Å². The summed E-state index contributed by atoms with van der Waals surface area (Å²) in [5.74, 6) is 1.84. The van der Waals surface area contributed by atoms with Gasteiger partial charge >= 0.3 is 0 Å². The molecule has 2 aliphatic rings. The standard InChI is InChI=1S/C18H29N3O2/c1-2-20(12-18(13-22)14-23-15-18)11-16-6-9-21(10-7-16)17-5-3-4-8-19-17/h3-5,8,16,22H,2,6-7,9-15H2,1H3. The van der Waals surface area contributed by atoms with Crippen molar-refractivity contribution in [1.82, 2.24) is 9.88 Å². The van der Waals surface area contributed by atoms with Gasteiger partial charge in [-0.3, -0.25) is 0 Å². The molecule has 1 aromatic rings. The normalized spacial score (nSPS) is 21.4. The van der Waals surface area contributed by atoms with E-state index in [-0.39, 0.29) is 12.0 Å². The van der Waals surface area contributed by atoms with Gasteiger partial charge in [0.1, 0.15) is 5.82 Å². The summed E-state index contributed by atoms with van der Waals surface area (Å²) < 4.78 is 5.33. The first-order valence-electron chi connectivity index (χ1n) is 8.81. The second-order valence-corrected chi connectivity index (χ2v) is 7.10. The average molecular weight is 319 g/mol. The molecule has 2 aliphatic heterocycles. The minimum atomic E-state index is -0.00926. The van der Waals surface area contributed by atoms with Crippen molar-refractivity contribution in [3.63, 3.8) is 0 Å². The second kappa shape index (κ2) is 7.60. The molecule has 2 fully saturated rings. The van der Waals surface area contributed by atoms with Gasteiger partial charge in [0.15, 0.2) is 0 Å². The zero-order valence-corrected chi connectivity index (χ0v) is 14.2. The molecule has 3 rings (SSSR count). The number of hydrogen-bond acceptors (Lipinski definition) is 5. The molecule has 5 heteroatoms. The molecule has 128 valence electrons. The van der Waals surface area contributed by atoms with Crippen LogP contribution in [0.3, 0.4) is 0 Å². The van der Waals surface area contributed by atoms with E-state index >= 15 is 0 Å². The van der Waals surface area contributed by atoms with Crippen molar-refractivity contribution in [3.8, 4) is 0 Å². The van der Waals surface area contributed by atoms with Crippen molar-refractivity contribution in [1.29, 1.82) is 0 Å². The molecular weight excluding hydrogens is 290 g/mol. The number of aliphatic hydroxyl groups is 1. The zero-order valence-electron chi connectivity index (χ0n) is 14.2. The third-order valence-electron chi connectivity index (χ3n) is 5.26. The smallest absolute Gasteiger partial charge is 0.128 e. The molecule has 1 aromatic heterocycles. The van der Waals surface area contributed by atoms with E-state index in [1.54, 1.807) is 0 Å². The van der Waals surface area contributed by atoms with Crippen LogP contribution in [0.2, 0.25) is 0 Å². The summed E-state index contributed by atoms with van der Waals surface area (Å²) in [6.45, 7) is 9.18. The number of anilines is 1. The number of aromatic nitrogens is 1. The van der Waals surface area contributed by atoms with Crippen LogP contribution in [0.1, 0.15) is 19.8 Å². The number of nitrogens with zero attached hydrogens (tertiary/aromatic N) is 3. The monoisotopic (exact) mass is 319 g/mol. The molecule has 3 heterocycles. The Morgan fingerprint density at radius 1 is 1.35 bits per heavy atom. The van der Waals surface area contributed by atoms with Crippen molar-refractivity contribution in [2.75, 3.05) is 57.4 Å². The molecule has 5 nitrogen and oxygen atoms in total. The molecule has 2 saturated heterocycles.